The second kappa shape index (κ2) is 11.5. The van der Waals surface area contributed by atoms with E-state index >= 15 is 0 Å². The molecule has 0 aliphatic carbocycles. The monoisotopic (exact) mass is 452 g/mol. The van der Waals surface area contributed by atoms with Crippen molar-refractivity contribution in [3.8, 4) is 11.5 Å². The molecule has 0 aromatic heterocycles. The van der Waals surface area contributed by atoms with Crippen LogP contribution in [0.4, 0.5) is 11.4 Å². The number of ether oxygens (including phenoxy) is 2. The van der Waals surface area contributed by atoms with Crippen molar-refractivity contribution in [2.24, 2.45) is 0 Å². The van der Waals surface area contributed by atoms with E-state index in [9.17, 15) is 14.4 Å². The number of carbonyl (C=O) groups excluding carboxylic acids is 3. The quantitative estimate of drug-likeness (QED) is 0.444. The number of benzene rings is 3. The minimum Gasteiger partial charge on any atom is -0.457 e. The van der Waals surface area contributed by atoms with Crippen LogP contribution >= 0.6 is 11.6 Å². The summed E-state index contributed by atoms with van der Waals surface area (Å²) in [6, 6.07) is 22.9. The van der Waals surface area contributed by atoms with Crippen LogP contribution in [0.15, 0.2) is 78.9 Å². The molecular weight excluding hydrogens is 432 g/mol. The van der Waals surface area contributed by atoms with Crippen LogP contribution in [-0.4, -0.2) is 24.4 Å². The first-order chi connectivity index (χ1) is 15.5. The number of halogens is 1. The molecule has 3 rings (SSSR count). The van der Waals surface area contributed by atoms with Gasteiger partial charge in [0.1, 0.15) is 11.5 Å². The van der Waals surface area contributed by atoms with Crippen molar-refractivity contribution in [1.29, 1.82) is 0 Å². The molecule has 7 nitrogen and oxygen atoms in total. The van der Waals surface area contributed by atoms with Gasteiger partial charge in [-0.15, -0.1) is 0 Å². The van der Waals surface area contributed by atoms with Crippen LogP contribution in [-0.2, 0) is 19.1 Å². The number of carbonyl (C=O) groups is 3. The lowest BCUT2D eigenvalue weighted by molar-refractivity contribution is -0.147. The molecule has 0 atom stereocenters. The van der Waals surface area contributed by atoms with Crippen LogP contribution in [0, 0.1) is 0 Å². The summed E-state index contributed by atoms with van der Waals surface area (Å²) < 4.78 is 10.6. The summed E-state index contributed by atoms with van der Waals surface area (Å²) in [5.74, 6) is -0.193. The van der Waals surface area contributed by atoms with Gasteiger partial charge in [-0.25, -0.2) is 0 Å². The molecule has 0 spiro atoms. The van der Waals surface area contributed by atoms with Crippen molar-refractivity contribution in [3.05, 3.63) is 83.9 Å². The summed E-state index contributed by atoms with van der Waals surface area (Å²) in [5.41, 5.74) is 0.998. The van der Waals surface area contributed by atoms with Gasteiger partial charge in [0, 0.05) is 12.1 Å². The summed E-state index contributed by atoms with van der Waals surface area (Å²) in [7, 11) is 0. The lowest BCUT2D eigenvalue weighted by Crippen LogP contribution is -2.21. The number of esters is 1. The molecule has 2 amide bonds. The highest BCUT2D eigenvalue weighted by Gasteiger charge is 2.12. The van der Waals surface area contributed by atoms with Gasteiger partial charge < -0.3 is 20.1 Å². The average molecular weight is 453 g/mol. The van der Waals surface area contributed by atoms with Gasteiger partial charge in [0.2, 0.25) is 5.91 Å². The van der Waals surface area contributed by atoms with Crippen molar-refractivity contribution < 1.29 is 23.9 Å². The molecule has 0 aliphatic heterocycles. The lowest BCUT2D eigenvalue weighted by Gasteiger charge is -2.09. The van der Waals surface area contributed by atoms with Crippen molar-refractivity contribution in [1.82, 2.24) is 0 Å². The van der Waals surface area contributed by atoms with Crippen LogP contribution in [0.1, 0.15) is 12.8 Å². The third kappa shape index (κ3) is 7.45. The number of para-hydroxylation sites is 2. The van der Waals surface area contributed by atoms with E-state index in [0.717, 1.165) is 0 Å². The van der Waals surface area contributed by atoms with E-state index in [-0.39, 0.29) is 18.7 Å². The average Bonchev–Trinajstić information content (AvgIpc) is 2.80. The van der Waals surface area contributed by atoms with E-state index in [1.54, 1.807) is 48.5 Å². The number of nitrogens with one attached hydrogen (secondary N) is 2. The zero-order chi connectivity index (χ0) is 22.8. The number of hydrogen-bond donors (Lipinski definition) is 2. The summed E-state index contributed by atoms with van der Waals surface area (Å²) in [4.78, 5) is 35.7. The molecule has 0 radical (unpaired) electrons. The van der Waals surface area contributed by atoms with Crippen LogP contribution < -0.4 is 15.4 Å². The van der Waals surface area contributed by atoms with Gasteiger partial charge in [-0.1, -0.05) is 41.9 Å². The predicted molar refractivity (Wildman–Crippen MR) is 122 cm³/mol. The molecule has 0 saturated heterocycles. The molecule has 2 N–H and O–H groups in total. The number of rotatable bonds is 9. The van der Waals surface area contributed by atoms with Crippen LogP contribution in [0.5, 0.6) is 11.5 Å². The van der Waals surface area contributed by atoms with Gasteiger partial charge in [0.15, 0.2) is 6.61 Å². The van der Waals surface area contributed by atoms with Crippen LogP contribution in [0.25, 0.3) is 0 Å². The molecule has 8 heteroatoms. The van der Waals surface area contributed by atoms with E-state index in [2.05, 4.69) is 10.6 Å². The van der Waals surface area contributed by atoms with E-state index in [1.165, 1.54) is 0 Å². The highest BCUT2D eigenvalue weighted by atomic mass is 35.5. The molecular formula is C24H21ClN2O5. The third-order valence-electron chi connectivity index (χ3n) is 4.19. The number of amides is 2. The Morgan fingerprint density at radius 3 is 2.09 bits per heavy atom. The Bertz CT molecular complexity index is 1070. The minimum absolute atomic E-state index is 0.0887. The van der Waals surface area contributed by atoms with E-state index in [4.69, 9.17) is 21.1 Å². The Labute approximate surface area is 190 Å². The first-order valence-electron chi connectivity index (χ1n) is 9.82. The van der Waals surface area contributed by atoms with Gasteiger partial charge in [-0.3, -0.25) is 14.4 Å². The van der Waals surface area contributed by atoms with Gasteiger partial charge in [-0.05, 0) is 48.5 Å². The molecule has 3 aromatic rings. The van der Waals surface area contributed by atoms with E-state index in [0.29, 0.717) is 27.9 Å². The van der Waals surface area contributed by atoms with Gasteiger partial charge in [0.25, 0.3) is 5.91 Å². The Balaban J connectivity index is 1.36. The fourth-order valence-corrected chi connectivity index (χ4v) is 2.82. The Hall–Kier alpha value is -3.84. The number of hydrogen-bond acceptors (Lipinski definition) is 5. The highest BCUT2D eigenvalue weighted by Crippen LogP contribution is 2.23. The zero-order valence-electron chi connectivity index (χ0n) is 17.0. The van der Waals surface area contributed by atoms with Gasteiger partial charge >= 0.3 is 5.97 Å². The lowest BCUT2D eigenvalue weighted by atomic mass is 10.2. The first kappa shape index (κ1) is 22.8. The largest absolute Gasteiger partial charge is 0.457 e. The van der Waals surface area contributed by atoms with E-state index in [1.807, 2.05) is 30.3 Å². The van der Waals surface area contributed by atoms with Crippen molar-refractivity contribution in [2.45, 2.75) is 12.8 Å². The number of anilines is 2. The van der Waals surface area contributed by atoms with E-state index < -0.39 is 18.5 Å². The standard InChI is InChI=1S/C24H21ClN2O5/c25-20-8-4-5-9-21(20)27-22(28)14-15-24(30)31-16-23(29)26-17-10-12-19(13-11-17)32-18-6-2-1-3-7-18/h1-13H,14-16H2,(H,26,29)(H,27,28). The maximum Gasteiger partial charge on any atom is 0.306 e. The normalized spacial score (nSPS) is 10.2. The summed E-state index contributed by atoms with van der Waals surface area (Å²) in [6.45, 7) is -0.451. The molecule has 32 heavy (non-hydrogen) atoms. The topological polar surface area (TPSA) is 93.7 Å². The van der Waals surface area contributed by atoms with Gasteiger partial charge in [0.05, 0.1) is 17.1 Å². The highest BCUT2D eigenvalue weighted by molar-refractivity contribution is 6.33. The smallest absolute Gasteiger partial charge is 0.306 e. The molecule has 0 aliphatic rings. The predicted octanol–water partition coefficient (Wildman–Crippen LogP) is 5.03. The summed E-state index contributed by atoms with van der Waals surface area (Å²) in [6.07, 6.45) is -0.246. The second-order valence-corrected chi connectivity index (χ2v) is 7.08. The van der Waals surface area contributed by atoms with Gasteiger partial charge in [-0.2, -0.15) is 0 Å². The van der Waals surface area contributed by atoms with Crippen molar-refractivity contribution in [3.63, 3.8) is 0 Å². The fourth-order valence-electron chi connectivity index (χ4n) is 2.64. The maximum atomic E-state index is 12.0. The van der Waals surface area contributed by atoms with Crippen molar-refractivity contribution in [2.75, 3.05) is 17.2 Å². The van der Waals surface area contributed by atoms with Crippen molar-refractivity contribution >= 4 is 40.8 Å². The molecule has 3 aromatic carbocycles. The first-order valence-corrected chi connectivity index (χ1v) is 10.2. The van der Waals surface area contributed by atoms with Crippen LogP contribution in [0.2, 0.25) is 5.02 Å². The molecule has 0 unspecified atom stereocenters. The summed E-state index contributed by atoms with van der Waals surface area (Å²) in [5, 5.41) is 5.64. The summed E-state index contributed by atoms with van der Waals surface area (Å²) >= 11 is 5.97. The SMILES string of the molecule is O=C(COC(=O)CCC(=O)Nc1ccccc1Cl)Nc1ccc(Oc2ccccc2)cc1. The zero-order valence-corrected chi connectivity index (χ0v) is 17.8. The van der Waals surface area contributed by atoms with Crippen LogP contribution in [0.3, 0.4) is 0 Å². The maximum absolute atomic E-state index is 12.0. The Morgan fingerprint density at radius 1 is 0.719 bits per heavy atom. The minimum atomic E-state index is -0.652. The Morgan fingerprint density at radius 2 is 1.38 bits per heavy atom. The Kier molecular flexibility index (Phi) is 8.22. The fraction of sp³-hybridized carbons (Fsp3) is 0.125. The third-order valence-corrected chi connectivity index (χ3v) is 4.51. The molecule has 164 valence electrons. The molecule has 0 heterocycles. The second-order valence-electron chi connectivity index (χ2n) is 6.68. The molecule has 0 saturated carbocycles. The molecule has 0 bridgehead atoms. The molecule has 0 fully saturated rings.